The highest BCUT2D eigenvalue weighted by molar-refractivity contribution is 6.09. The number of benzene rings is 5. The molecule has 0 saturated heterocycles. The average Bonchev–Trinajstić information content (AvgIpc) is 3.43. The molecule has 4 heteroatoms. The van der Waals surface area contributed by atoms with Crippen molar-refractivity contribution in [2.45, 2.75) is 71.4 Å². The SMILES string of the molecule is CCCCCCCCn1c2ccccc2c2cc(C3=C4C=CC(C)(N)C=C4Oc4cc(N(C)c5ccc6cc(C)ccc6c5)ccc43)ccc21. The van der Waals surface area contributed by atoms with E-state index in [4.69, 9.17) is 10.5 Å². The molecule has 0 spiro atoms. The lowest BCUT2D eigenvalue weighted by Gasteiger charge is -2.31. The van der Waals surface area contributed by atoms with Crippen LogP contribution in [0.2, 0.25) is 0 Å². The van der Waals surface area contributed by atoms with E-state index in [0.717, 1.165) is 40.6 Å². The molecule has 50 heavy (non-hydrogen) atoms. The lowest BCUT2D eigenvalue weighted by Crippen LogP contribution is -2.34. The second-order valence-corrected chi connectivity index (χ2v) is 14.5. The van der Waals surface area contributed by atoms with Gasteiger partial charge in [-0.2, -0.15) is 0 Å². The molecule has 0 bridgehead atoms. The lowest BCUT2D eigenvalue weighted by atomic mass is 9.84. The summed E-state index contributed by atoms with van der Waals surface area (Å²) in [7, 11) is 2.12. The third-order valence-electron chi connectivity index (χ3n) is 10.6. The van der Waals surface area contributed by atoms with Gasteiger partial charge in [0.1, 0.15) is 11.5 Å². The number of ether oxygens (including phenoxy) is 1. The molecule has 6 aromatic rings. The summed E-state index contributed by atoms with van der Waals surface area (Å²) < 4.78 is 9.25. The van der Waals surface area contributed by atoms with Crippen LogP contribution in [-0.4, -0.2) is 17.2 Å². The summed E-state index contributed by atoms with van der Waals surface area (Å²) in [6.07, 6.45) is 14.0. The maximum atomic E-state index is 6.72. The molecular weight excluding hydrogens is 611 g/mol. The maximum absolute atomic E-state index is 6.72. The largest absolute Gasteiger partial charge is 0.456 e. The minimum atomic E-state index is -0.590. The Morgan fingerprint density at radius 1 is 0.760 bits per heavy atom. The second kappa shape index (κ2) is 13.0. The second-order valence-electron chi connectivity index (χ2n) is 14.5. The van der Waals surface area contributed by atoms with Gasteiger partial charge in [-0.1, -0.05) is 105 Å². The van der Waals surface area contributed by atoms with Crippen molar-refractivity contribution in [2.75, 3.05) is 11.9 Å². The van der Waals surface area contributed by atoms with E-state index in [1.54, 1.807) is 0 Å². The van der Waals surface area contributed by atoms with Crippen molar-refractivity contribution in [3.63, 3.8) is 0 Å². The van der Waals surface area contributed by atoms with Crippen molar-refractivity contribution in [3.05, 3.63) is 143 Å². The first-order valence-corrected chi connectivity index (χ1v) is 18.3. The molecule has 1 aliphatic heterocycles. The number of allylic oxidation sites excluding steroid dienone is 1. The molecule has 1 unspecified atom stereocenters. The number of aryl methyl sites for hydroxylation is 2. The van der Waals surface area contributed by atoms with E-state index in [2.05, 4.69) is 146 Å². The van der Waals surface area contributed by atoms with Crippen LogP contribution in [0.15, 0.2) is 127 Å². The molecular formula is C46H47N3O. The van der Waals surface area contributed by atoms with Crippen LogP contribution >= 0.6 is 0 Å². The number of unbranched alkanes of at least 4 members (excludes halogenated alkanes) is 5. The van der Waals surface area contributed by atoms with Gasteiger partial charge in [-0.15, -0.1) is 0 Å². The fourth-order valence-corrected chi connectivity index (χ4v) is 7.84. The van der Waals surface area contributed by atoms with Crippen molar-refractivity contribution in [1.29, 1.82) is 0 Å². The van der Waals surface area contributed by atoms with Crippen LogP contribution in [0.5, 0.6) is 5.75 Å². The molecule has 5 aromatic carbocycles. The number of nitrogens with zero attached hydrogens (tertiary/aromatic N) is 2. The van der Waals surface area contributed by atoms with Gasteiger partial charge in [-0.25, -0.2) is 0 Å². The molecule has 2 heterocycles. The summed E-state index contributed by atoms with van der Waals surface area (Å²) in [4.78, 5) is 2.23. The zero-order valence-electron chi connectivity index (χ0n) is 29.8. The first-order valence-electron chi connectivity index (χ1n) is 18.3. The van der Waals surface area contributed by atoms with Crippen LogP contribution in [0.1, 0.15) is 69.1 Å². The average molecular weight is 658 g/mol. The summed E-state index contributed by atoms with van der Waals surface area (Å²) in [5, 5.41) is 5.08. The third kappa shape index (κ3) is 5.92. The molecule has 2 N–H and O–H groups in total. The van der Waals surface area contributed by atoms with Gasteiger partial charge in [-0.05, 0) is 85.1 Å². The van der Waals surface area contributed by atoms with Crippen LogP contribution < -0.4 is 15.4 Å². The Balaban J connectivity index is 1.20. The molecule has 1 atom stereocenters. The van der Waals surface area contributed by atoms with Gasteiger partial charge in [0.25, 0.3) is 0 Å². The van der Waals surface area contributed by atoms with Crippen molar-refractivity contribution < 1.29 is 4.74 Å². The van der Waals surface area contributed by atoms with Gasteiger partial charge in [0.2, 0.25) is 0 Å². The number of nitrogens with two attached hydrogens (primary N) is 1. The zero-order chi connectivity index (χ0) is 34.4. The normalized spacial score (nSPS) is 16.9. The van der Waals surface area contributed by atoms with E-state index >= 15 is 0 Å². The van der Waals surface area contributed by atoms with Gasteiger partial charge in [0.15, 0.2) is 0 Å². The van der Waals surface area contributed by atoms with Gasteiger partial charge < -0.3 is 19.9 Å². The molecule has 0 saturated carbocycles. The zero-order valence-corrected chi connectivity index (χ0v) is 29.8. The predicted octanol–water partition coefficient (Wildman–Crippen LogP) is 11.7. The van der Waals surface area contributed by atoms with E-state index in [1.807, 2.05) is 6.92 Å². The van der Waals surface area contributed by atoms with Gasteiger partial charge in [-0.3, -0.25) is 0 Å². The molecule has 1 aliphatic carbocycles. The van der Waals surface area contributed by atoms with E-state index < -0.39 is 5.54 Å². The monoisotopic (exact) mass is 657 g/mol. The maximum Gasteiger partial charge on any atom is 0.137 e. The molecule has 8 rings (SSSR count). The van der Waals surface area contributed by atoms with Crippen LogP contribution in [0.25, 0.3) is 38.2 Å². The van der Waals surface area contributed by atoms with Gasteiger partial charge in [0.05, 0.1) is 5.54 Å². The van der Waals surface area contributed by atoms with Crippen LogP contribution in [-0.2, 0) is 6.54 Å². The Labute approximate surface area is 296 Å². The fraction of sp³-hybridized carbons (Fsp3) is 0.261. The van der Waals surface area contributed by atoms with E-state index in [0.29, 0.717) is 0 Å². The Morgan fingerprint density at radius 2 is 1.50 bits per heavy atom. The number of anilines is 2. The first-order chi connectivity index (χ1) is 24.3. The molecule has 2 aliphatic rings. The van der Waals surface area contributed by atoms with Crippen molar-refractivity contribution in [3.8, 4) is 5.75 Å². The quantitative estimate of drug-likeness (QED) is 0.149. The van der Waals surface area contributed by atoms with E-state index in [-0.39, 0.29) is 0 Å². The number of hydrogen-bond acceptors (Lipinski definition) is 3. The summed E-state index contributed by atoms with van der Waals surface area (Å²) in [6, 6.07) is 35.8. The first kappa shape index (κ1) is 32.2. The number of fused-ring (bicyclic) bond motifs is 6. The molecule has 4 nitrogen and oxygen atoms in total. The summed E-state index contributed by atoms with van der Waals surface area (Å²) in [5.41, 5.74) is 16.6. The third-order valence-corrected chi connectivity index (χ3v) is 10.6. The van der Waals surface area contributed by atoms with Gasteiger partial charge >= 0.3 is 0 Å². The Morgan fingerprint density at radius 3 is 2.38 bits per heavy atom. The number of rotatable bonds is 10. The molecule has 0 fully saturated rings. The molecule has 1 aromatic heterocycles. The number of hydrogen-bond donors (Lipinski definition) is 1. The smallest absolute Gasteiger partial charge is 0.137 e. The summed E-state index contributed by atoms with van der Waals surface area (Å²) >= 11 is 0. The van der Waals surface area contributed by atoms with Crippen LogP contribution in [0.3, 0.4) is 0 Å². The van der Waals surface area contributed by atoms with E-state index in [1.165, 1.54) is 87.8 Å². The van der Waals surface area contributed by atoms with Crippen LogP contribution in [0.4, 0.5) is 11.4 Å². The Hall–Kier alpha value is -5.06. The minimum absolute atomic E-state index is 0.590. The topological polar surface area (TPSA) is 43.4 Å². The van der Waals surface area contributed by atoms with Crippen LogP contribution in [0, 0.1) is 6.92 Å². The fourth-order valence-electron chi connectivity index (χ4n) is 7.84. The van der Waals surface area contributed by atoms with Crippen molar-refractivity contribution in [2.24, 2.45) is 5.73 Å². The van der Waals surface area contributed by atoms with Crippen molar-refractivity contribution in [1.82, 2.24) is 4.57 Å². The van der Waals surface area contributed by atoms with Crippen molar-refractivity contribution >= 4 is 49.5 Å². The number of para-hydroxylation sites is 1. The van der Waals surface area contributed by atoms with E-state index in [9.17, 15) is 0 Å². The highest BCUT2D eigenvalue weighted by atomic mass is 16.5. The molecule has 0 radical (unpaired) electrons. The minimum Gasteiger partial charge on any atom is -0.456 e. The van der Waals surface area contributed by atoms with Gasteiger partial charge in [0, 0.05) is 69.5 Å². The summed E-state index contributed by atoms with van der Waals surface area (Å²) in [6.45, 7) is 7.47. The summed E-state index contributed by atoms with van der Waals surface area (Å²) in [5.74, 6) is 1.65. The number of aromatic nitrogens is 1. The molecule has 0 amide bonds. The highest BCUT2D eigenvalue weighted by Gasteiger charge is 2.30. The standard InChI is InChI=1S/C46H47N3O/c1-5-6-7-8-9-12-25-49-41-14-11-10-13-37(41)40-28-34(18-22-42(40)49)45-38-21-20-36(29-43(38)50-44-30-46(3,47)24-23-39(44)45)48(4)35-19-17-32-26-31(2)15-16-33(32)27-35/h10-11,13-24,26-30H,5-9,12,25,47H2,1-4H3. The Kier molecular flexibility index (Phi) is 8.36. The molecule has 252 valence electrons. The Bertz CT molecular complexity index is 2350. The lowest BCUT2D eigenvalue weighted by molar-refractivity contribution is 0.422. The highest BCUT2D eigenvalue weighted by Crippen LogP contribution is 2.46. The predicted molar refractivity (Wildman–Crippen MR) is 212 cm³/mol.